The highest BCUT2D eigenvalue weighted by Gasteiger charge is 2.58. The molecule has 0 bridgehead atoms. The lowest BCUT2D eigenvalue weighted by atomic mass is 9.56. The molecule has 1 unspecified atom stereocenters. The van der Waals surface area contributed by atoms with Gasteiger partial charge in [-0.25, -0.2) is 23.4 Å². The maximum Gasteiger partial charge on any atom is 0.434 e. The van der Waals surface area contributed by atoms with E-state index in [1.807, 2.05) is 4.72 Å². The summed E-state index contributed by atoms with van der Waals surface area (Å²) in [6, 6.07) is 1.89. The summed E-state index contributed by atoms with van der Waals surface area (Å²) in [5.41, 5.74) is -1.96. The summed E-state index contributed by atoms with van der Waals surface area (Å²) >= 11 is -2.60. The number of ether oxygens (including phenoxy) is 1. The van der Waals surface area contributed by atoms with Gasteiger partial charge in [0.25, 0.3) is 0 Å². The van der Waals surface area contributed by atoms with E-state index in [0.29, 0.717) is 0 Å². The molecule has 1 aromatic carbocycles. The van der Waals surface area contributed by atoms with E-state index in [1.165, 1.54) is 7.11 Å². The Morgan fingerprint density at radius 1 is 1.42 bits per heavy atom. The lowest BCUT2D eigenvalue weighted by Gasteiger charge is -2.51. The molecule has 0 radical (unpaired) electrons. The molecule has 0 aliphatic heterocycles. The number of aromatic amines is 1. The standard InChI is InChI=1S/C15H17F2N3O5S/c1-14(24-2)6-15(7-14,12-19-20-13(21)25-12)9-4-10(16)8(3-11(9)17)5-18-26(22)23/h3-4,18H,5-7H2,1-2H3,(H,20,21)(H,22,23)/p-1. The van der Waals surface area contributed by atoms with Crippen molar-refractivity contribution >= 4 is 11.3 Å². The third-order valence-electron chi connectivity index (χ3n) is 4.72. The van der Waals surface area contributed by atoms with Crippen molar-refractivity contribution < 1.29 is 26.7 Å². The molecule has 1 aliphatic rings. The number of H-pyrrole nitrogens is 1. The Kier molecular flexibility index (Phi) is 4.82. The van der Waals surface area contributed by atoms with Gasteiger partial charge in [0.2, 0.25) is 5.89 Å². The zero-order chi connectivity index (χ0) is 19.1. The van der Waals surface area contributed by atoms with E-state index in [-0.39, 0.29) is 36.4 Å². The van der Waals surface area contributed by atoms with Crippen molar-refractivity contribution in [1.29, 1.82) is 0 Å². The Bertz CT molecular complexity index is 907. The third kappa shape index (κ3) is 3.22. The van der Waals surface area contributed by atoms with Crippen LogP contribution in [0.2, 0.25) is 0 Å². The van der Waals surface area contributed by atoms with Crippen molar-refractivity contribution in [2.45, 2.75) is 37.3 Å². The van der Waals surface area contributed by atoms with Gasteiger partial charge < -0.3 is 13.7 Å². The number of rotatable bonds is 6. The number of benzene rings is 1. The number of halogens is 2. The molecule has 1 saturated carbocycles. The largest absolute Gasteiger partial charge is 0.760 e. The average Bonchev–Trinajstić information content (AvgIpc) is 2.99. The van der Waals surface area contributed by atoms with Gasteiger partial charge in [-0.1, -0.05) is 0 Å². The van der Waals surface area contributed by atoms with Gasteiger partial charge >= 0.3 is 5.76 Å². The van der Waals surface area contributed by atoms with Gasteiger partial charge in [0, 0.05) is 36.0 Å². The van der Waals surface area contributed by atoms with Crippen LogP contribution in [0.15, 0.2) is 21.3 Å². The molecule has 8 nitrogen and oxygen atoms in total. The van der Waals surface area contributed by atoms with Crippen LogP contribution in [-0.2, 0) is 28.0 Å². The van der Waals surface area contributed by atoms with Crippen molar-refractivity contribution in [3.63, 3.8) is 0 Å². The van der Waals surface area contributed by atoms with E-state index in [4.69, 9.17) is 9.15 Å². The fraction of sp³-hybridized carbons (Fsp3) is 0.467. The number of nitrogens with zero attached hydrogens (tertiary/aromatic N) is 1. The summed E-state index contributed by atoms with van der Waals surface area (Å²) in [6.07, 6.45) is 0.450. The van der Waals surface area contributed by atoms with Crippen LogP contribution in [-0.4, -0.2) is 31.7 Å². The Hall–Kier alpha value is -1.95. The topological polar surface area (TPSA) is 120 Å². The van der Waals surface area contributed by atoms with Crippen LogP contribution in [0.25, 0.3) is 0 Å². The maximum atomic E-state index is 14.8. The van der Waals surface area contributed by atoms with Crippen molar-refractivity contribution in [1.82, 2.24) is 14.9 Å². The molecule has 1 atom stereocenters. The first kappa shape index (κ1) is 18.8. The first-order valence-corrected chi connectivity index (χ1v) is 8.69. The molecule has 142 valence electrons. The van der Waals surface area contributed by atoms with Gasteiger partial charge in [-0.3, -0.25) is 4.21 Å². The summed E-state index contributed by atoms with van der Waals surface area (Å²) < 4.78 is 62.7. The van der Waals surface area contributed by atoms with E-state index in [2.05, 4.69) is 10.2 Å². The molecule has 11 heteroatoms. The highest BCUT2D eigenvalue weighted by molar-refractivity contribution is 7.77. The number of methoxy groups -OCH3 is 1. The second-order valence-corrected chi connectivity index (χ2v) is 7.25. The summed E-state index contributed by atoms with van der Waals surface area (Å²) in [4.78, 5) is 11.3. The second-order valence-electron chi connectivity index (χ2n) is 6.49. The molecule has 1 heterocycles. The Labute approximate surface area is 149 Å². The van der Waals surface area contributed by atoms with E-state index in [9.17, 15) is 22.3 Å². The molecule has 2 N–H and O–H groups in total. The van der Waals surface area contributed by atoms with Gasteiger partial charge in [-0.15, -0.1) is 5.10 Å². The molecule has 1 aliphatic carbocycles. The molecule has 3 rings (SSSR count). The molecule has 0 spiro atoms. The molecular weight excluding hydrogens is 372 g/mol. The zero-order valence-corrected chi connectivity index (χ0v) is 14.7. The predicted molar refractivity (Wildman–Crippen MR) is 84.7 cm³/mol. The Balaban J connectivity index is 2.04. The highest BCUT2D eigenvalue weighted by atomic mass is 32.2. The summed E-state index contributed by atoms with van der Waals surface area (Å²) in [5.74, 6) is -2.40. The smallest absolute Gasteiger partial charge is 0.434 e. The predicted octanol–water partition coefficient (Wildman–Crippen LogP) is 1.01. The molecule has 1 aromatic heterocycles. The summed E-state index contributed by atoms with van der Waals surface area (Å²) in [6.45, 7) is 1.41. The minimum Gasteiger partial charge on any atom is -0.760 e. The van der Waals surface area contributed by atoms with Crippen LogP contribution < -0.4 is 10.5 Å². The monoisotopic (exact) mass is 388 g/mol. The number of nitrogens with one attached hydrogen (secondary N) is 2. The fourth-order valence-electron chi connectivity index (χ4n) is 3.49. The molecule has 26 heavy (non-hydrogen) atoms. The lowest BCUT2D eigenvalue weighted by molar-refractivity contribution is -0.101. The number of hydrogen-bond donors (Lipinski definition) is 2. The van der Waals surface area contributed by atoms with Gasteiger partial charge in [0.05, 0.1) is 11.0 Å². The van der Waals surface area contributed by atoms with E-state index < -0.39 is 39.7 Å². The van der Waals surface area contributed by atoms with Crippen LogP contribution in [0.1, 0.15) is 36.8 Å². The number of hydrogen-bond acceptors (Lipinski definition) is 6. The van der Waals surface area contributed by atoms with E-state index >= 15 is 0 Å². The normalized spacial score (nSPS) is 26.5. The maximum absolute atomic E-state index is 14.8. The first-order chi connectivity index (χ1) is 12.2. The highest BCUT2D eigenvalue weighted by Crippen LogP contribution is 2.55. The van der Waals surface area contributed by atoms with Gasteiger partial charge in [0.1, 0.15) is 11.6 Å². The van der Waals surface area contributed by atoms with Crippen molar-refractivity contribution in [2.75, 3.05) is 7.11 Å². The van der Waals surface area contributed by atoms with Gasteiger partial charge in [0.15, 0.2) is 0 Å². The van der Waals surface area contributed by atoms with E-state index in [1.54, 1.807) is 6.92 Å². The average molecular weight is 388 g/mol. The van der Waals surface area contributed by atoms with Gasteiger partial charge in [-0.2, -0.15) is 0 Å². The van der Waals surface area contributed by atoms with Gasteiger partial charge in [-0.05, 0) is 31.9 Å². The molecular formula is C15H16F2N3O5S-. The van der Waals surface area contributed by atoms with Crippen LogP contribution >= 0.6 is 0 Å². The van der Waals surface area contributed by atoms with Crippen LogP contribution in [0.5, 0.6) is 0 Å². The minimum absolute atomic E-state index is 0.0354. The first-order valence-electron chi connectivity index (χ1n) is 7.61. The minimum atomic E-state index is -2.60. The number of aromatic nitrogens is 2. The van der Waals surface area contributed by atoms with Crippen LogP contribution in [0, 0.1) is 11.6 Å². The van der Waals surface area contributed by atoms with Crippen molar-refractivity contribution in [2.24, 2.45) is 0 Å². The van der Waals surface area contributed by atoms with Crippen LogP contribution in [0.4, 0.5) is 8.78 Å². The van der Waals surface area contributed by atoms with Crippen molar-refractivity contribution in [3.05, 3.63) is 51.3 Å². The molecule has 1 fully saturated rings. The SMILES string of the molecule is COC1(C)CC(c2n[nH]c(=O)o2)(c2cc(F)c(CNS(=O)[O-])cc2F)C1. The zero-order valence-electron chi connectivity index (χ0n) is 13.9. The van der Waals surface area contributed by atoms with Crippen molar-refractivity contribution in [3.8, 4) is 0 Å². The Morgan fingerprint density at radius 2 is 2.12 bits per heavy atom. The molecule has 2 aromatic rings. The fourth-order valence-corrected chi connectivity index (χ4v) is 3.76. The lowest BCUT2D eigenvalue weighted by Crippen LogP contribution is -2.55. The van der Waals surface area contributed by atoms with E-state index in [0.717, 1.165) is 12.1 Å². The summed E-state index contributed by atoms with van der Waals surface area (Å²) in [7, 11) is 1.50. The second kappa shape index (κ2) is 6.65. The summed E-state index contributed by atoms with van der Waals surface area (Å²) in [5, 5.41) is 5.92. The molecule has 0 amide bonds. The Morgan fingerprint density at radius 3 is 2.65 bits per heavy atom. The van der Waals surface area contributed by atoms with Crippen LogP contribution in [0.3, 0.4) is 0 Å². The molecule has 0 saturated heterocycles. The quantitative estimate of drug-likeness (QED) is 0.713. The third-order valence-corrected chi connectivity index (χ3v) is 5.10.